The summed E-state index contributed by atoms with van der Waals surface area (Å²) in [5, 5.41) is 2.84. The van der Waals surface area contributed by atoms with Crippen molar-refractivity contribution in [1.82, 2.24) is 9.62 Å². The molecule has 0 unspecified atom stereocenters. The number of carbonyl (C=O) groups is 1. The number of nitrogens with zero attached hydrogens (tertiary/aromatic N) is 1. The summed E-state index contributed by atoms with van der Waals surface area (Å²) in [6.07, 6.45) is 0. The highest BCUT2D eigenvalue weighted by Crippen LogP contribution is 2.28. The van der Waals surface area contributed by atoms with Gasteiger partial charge in [0.1, 0.15) is 28.9 Å². The van der Waals surface area contributed by atoms with E-state index in [1.807, 2.05) is 31.2 Å². The van der Waals surface area contributed by atoms with Gasteiger partial charge in [-0.3, -0.25) is 4.79 Å². The Hall–Kier alpha value is -3.30. The molecule has 0 aromatic heterocycles. The number of sulfonamides is 1. The minimum atomic E-state index is -4.25. The van der Waals surface area contributed by atoms with Gasteiger partial charge in [0.2, 0.25) is 10.0 Å². The van der Waals surface area contributed by atoms with Crippen LogP contribution in [-0.2, 0) is 23.1 Å². The van der Waals surface area contributed by atoms with Crippen molar-refractivity contribution in [3.05, 3.63) is 94.6 Å². The molecule has 1 amide bonds. The maximum atomic E-state index is 14.2. The summed E-state index contributed by atoms with van der Waals surface area (Å²) < 4.78 is 60.2. The minimum absolute atomic E-state index is 0.0250. The van der Waals surface area contributed by atoms with Crippen molar-refractivity contribution in [2.24, 2.45) is 0 Å². The highest BCUT2D eigenvalue weighted by Gasteiger charge is 2.30. The smallest absolute Gasteiger partial charge is 0.251 e. The molecule has 1 heterocycles. The molecule has 0 saturated heterocycles. The molecule has 3 aromatic carbocycles. The molecule has 0 atom stereocenters. The van der Waals surface area contributed by atoms with Crippen LogP contribution in [-0.4, -0.2) is 31.8 Å². The summed E-state index contributed by atoms with van der Waals surface area (Å²) in [7, 11) is -4.25. The second-order valence-electron chi connectivity index (χ2n) is 7.75. The average molecular weight is 473 g/mol. The third-order valence-corrected chi connectivity index (χ3v) is 7.23. The van der Waals surface area contributed by atoms with Gasteiger partial charge in [0.15, 0.2) is 0 Å². The van der Waals surface area contributed by atoms with Gasteiger partial charge in [-0.05, 0) is 42.8 Å². The molecule has 9 heteroatoms. The van der Waals surface area contributed by atoms with E-state index in [2.05, 4.69) is 5.32 Å². The van der Waals surface area contributed by atoms with Crippen LogP contribution < -0.4 is 10.1 Å². The molecule has 0 spiro atoms. The van der Waals surface area contributed by atoms with E-state index >= 15 is 0 Å². The predicted molar refractivity (Wildman–Crippen MR) is 118 cm³/mol. The summed E-state index contributed by atoms with van der Waals surface area (Å²) in [5.74, 6) is -1.90. The normalized spacial score (nSPS) is 14.2. The summed E-state index contributed by atoms with van der Waals surface area (Å²) in [5.41, 5.74) is 2.89. The first-order valence-corrected chi connectivity index (χ1v) is 11.7. The molecule has 1 N–H and O–H groups in total. The Bertz CT molecular complexity index is 1290. The number of rotatable bonds is 5. The molecule has 33 heavy (non-hydrogen) atoms. The topological polar surface area (TPSA) is 75.7 Å². The number of aryl methyl sites for hydroxylation is 1. The van der Waals surface area contributed by atoms with E-state index in [4.69, 9.17) is 4.74 Å². The van der Waals surface area contributed by atoms with Crippen molar-refractivity contribution in [2.75, 3.05) is 13.2 Å². The van der Waals surface area contributed by atoms with E-state index in [0.717, 1.165) is 27.6 Å². The Labute approximate surface area is 190 Å². The van der Waals surface area contributed by atoms with Crippen LogP contribution in [0.15, 0.2) is 65.6 Å². The van der Waals surface area contributed by atoms with Crippen LogP contribution in [0.3, 0.4) is 0 Å². The zero-order valence-electron chi connectivity index (χ0n) is 17.8. The fourth-order valence-electron chi connectivity index (χ4n) is 3.53. The first kappa shape index (κ1) is 22.9. The maximum absolute atomic E-state index is 14.2. The summed E-state index contributed by atoms with van der Waals surface area (Å²) in [4.78, 5) is 12.1. The molecular weight excluding hydrogens is 450 g/mol. The lowest BCUT2D eigenvalue weighted by atomic mass is 10.1. The summed E-state index contributed by atoms with van der Waals surface area (Å²) >= 11 is 0. The van der Waals surface area contributed by atoms with E-state index < -0.39 is 26.6 Å². The largest absolute Gasteiger partial charge is 0.492 e. The van der Waals surface area contributed by atoms with Crippen LogP contribution in [0, 0.1) is 18.6 Å². The van der Waals surface area contributed by atoms with Crippen LogP contribution in [0.25, 0.3) is 0 Å². The fourth-order valence-corrected chi connectivity index (χ4v) is 4.98. The van der Waals surface area contributed by atoms with Gasteiger partial charge in [0.05, 0.1) is 0 Å². The quantitative estimate of drug-likeness (QED) is 0.613. The highest BCUT2D eigenvalue weighted by molar-refractivity contribution is 7.89. The van der Waals surface area contributed by atoms with Crippen LogP contribution in [0.2, 0.25) is 0 Å². The van der Waals surface area contributed by atoms with Gasteiger partial charge in [-0.15, -0.1) is 0 Å². The van der Waals surface area contributed by atoms with Gasteiger partial charge < -0.3 is 10.1 Å². The van der Waals surface area contributed by atoms with Gasteiger partial charge >= 0.3 is 0 Å². The van der Waals surface area contributed by atoms with Crippen molar-refractivity contribution in [3.8, 4) is 5.75 Å². The molecule has 4 rings (SSSR count). The number of benzene rings is 3. The molecule has 3 aromatic rings. The Morgan fingerprint density at radius 2 is 1.82 bits per heavy atom. The lowest BCUT2D eigenvalue weighted by Crippen LogP contribution is -2.33. The van der Waals surface area contributed by atoms with Gasteiger partial charge in [-0.25, -0.2) is 17.2 Å². The van der Waals surface area contributed by atoms with Crippen molar-refractivity contribution in [3.63, 3.8) is 0 Å². The SMILES string of the molecule is Cc1ccc(CNC(=O)c2ccc3c(c2)CN(S(=O)(=O)c2ccc(F)cc2F)CCO3)cc1. The first-order valence-electron chi connectivity index (χ1n) is 10.3. The van der Waals surface area contributed by atoms with Crippen molar-refractivity contribution >= 4 is 15.9 Å². The van der Waals surface area contributed by atoms with Crippen molar-refractivity contribution < 1.29 is 26.7 Å². The molecule has 0 fully saturated rings. The first-order chi connectivity index (χ1) is 15.7. The number of amides is 1. The third kappa shape index (κ3) is 5.04. The van der Waals surface area contributed by atoms with E-state index in [1.165, 1.54) is 0 Å². The zero-order valence-corrected chi connectivity index (χ0v) is 18.7. The fraction of sp³-hybridized carbons (Fsp3) is 0.208. The van der Waals surface area contributed by atoms with E-state index in [0.29, 0.717) is 29.5 Å². The molecule has 0 saturated carbocycles. The number of halogens is 2. The van der Waals surface area contributed by atoms with Crippen LogP contribution >= 0.6 is 0 Å². The molecule has 0 aliphatic carbocycles. The summed E-state index contributed by atoms with van der Waals surface area (Å²) in [6, 6.07) is 14.9. The Morgan fingerprint density at radius 1 is 1.06 bits per heavy atom. The minimum Gasteiger partial charge on any atom is -0.492 e. The lowest BCUT2D eigenvalue weighted by molar-refractivity contribution is 0.0950. The molecular formula is C24H22F2N2O4S. The Balaban J connectivity index is 1.54. The van der Waals surface area contributed by atoms with Gasteiger partial charge in [-0.1, -0.05) is 29.8 Å². The van der Waals surface area contributed by atoms with E-state index in [1.54, 1.807) is 18.2 Å². The molecule has 6 nitrogen and oxygen atoms in total. The monoisotopic (exact) mass is 472 g/mol. The second kappa shape index (κ2) is 9.29. The molecule has 0 bridgehead atoms. The van der Waals surface area contributed by atoms with Crippen LogP contribution in [0.4, 0.5) is 8.78 Å². The standard InChI is InChI=1S/C24H22F2N2O4S/c1-16-2-4-17(5-3-16)14-27-24(29)18-6-8-22-19(12-18)15-28(10-11-32-22)33(30,31)23-9-7-20(25)13-21(23)26/h2-9,12-13H,10-11,14-15H2,1H3,(H,27,29). The number of nitrogens with one attached hydrogen (secondary N) is 1. The van der Waals surface area contributed by atoms with Gasteiger partial charge in [0.25, 0.3) is 5.91 Å². The molecule has 1 aliphatic rings. The zero-order chi connectivity index (χ0) is 23.6. The average Bonchev–Trinajstić information content (AvgIpc) is 3.00. The van der Waals surface area contributed by atoms with E-state index in [9.17, 15) is 22.0 Å². The molecule has 1 aliphatic heterocycles. The van der Waals surface area contributed by atoms with Gasteiger partial charge in [0, 0.05) is 36.8 Å². The molecule has 0 radical (unpaired) electrons. The number of hydrogen-bond acceptors (Lipinski definition) is 4. The lowest BCUT2D eigenvalue weighted by Gasteiger charge is -2.20. The maximum Gasteiger partial charge on any atom is 0.251 e. The Kier molecular flexibility index (Phi) is 6.44. The number of ether oxygens (including phenoxy) is 1. The van der Waals surface area contributed by atoms with Crippen molar-refractivity contribution in [2.45, 2.75) is 24.9 Å². The highest BCUT2D eigenvalue weighted by atomic mass is 32.2. The van der Waals surface area contributed by atoms with Gasteiger partial charge in [-0.2, -0.15) is 4.31 Å². The Morgan fingerprint density at radius 3 is 2.55 bits per heavy atom. The number of hydrogen-bond donors (Lipinski definition) is 1. The van der Waals surface area contributed by atoms with Crippen LogP contribution in [0.1, 0.15) is 27.0 Å². The van der Waals surface area contributed by atoms with E-state index in [-0.39, 0.29) is 25.6 Å². The number of fused-ring (bicyclic) bond motifs is 1. The summed E-state index contributed by atoms with van der Waals surface area (Å²) in [6.45, 7) is 2.23. The number of carbonyl (C=O) groups excluding carboxylic acids is 1. The predicted octanol–water partition coefficient (Wildman–Crippen LogP) is 3.79. The molecule has 172 valence electrons. The van der Waals surface area contributed by atoms with Crippen LogP contribution in [0.5, 0.6) is 5.75 Å². The third-order valence-electron chi connectivity index (χ3n) is 5.35. The van der Waals surface area contributed by atoms with Crippen molar-refractivity contribution in [1.29, 1.82) is 0 Å². The second-order valence-corrected chi connectivity index (χ2v) is 9.66.